The van der Waals surface area contributed by atoms with E-state index in [9.17, 15) is 14.4 Å². The number of ether oxygens (including phenoxy) is 3. The highest BCUT2D eigenvalue weighted by Crippen LogP contribution is 2.41. The van der Waals surface area contributed by atoms with Crippen LogP contribution in [0, 0.1) is 19.8 Å². The predicted molar refractivity (Wildman–Crippen MR) is 108 cm³/mol. The van der Waals surface area contributed by atoms with E-state index in [2.05, 4.69) is 10.3 Å². The second-order valence-electron chi connectivity index (χ2n) is 7.35. The number of aromatic amines is 1. The second kappa shape index (κ2) is 9.02. The van der Waals surface area contributed by atoms with Gasteiger partial charge < -0.3 is 24.5 Å². The van der Waals surface area contributed by atoms with Crippen molar-refractivity contribution in [3.63, 3.8) is 0 Å². The van der Waals surface area contributed by atoms with Gasteiger partial charge in [-0.15, -0.1) is 0 Å². The molecule has 0 aliphatic heterocycles. The van der Waals surface area contributed by atoms with Crippen molar-refractivity contribution in [3.8, 4) is 5.75 Å². The lowest BCUT2D eigenvalue weighted by molar-refractivity contribution is -0.125. The predicted octanol–water partition coefficient (Wildman–Crippen LogP) is 2.85. The summed E-state index contributed by atoms with van der Waals surface area (Å²) in [5.74, 6) is -0.506. The number of hydrogen-bond donors (Lipinski definition) is 2. The van der Waals surface area contributed by atoms with E-state index in [0.29, 0.717) is 22.7 Å². The maximum atomic E-state index is 12.4. The van der Waals surface area contributed by atoms with Gasteiger partial charge in [0.05, 0.1) is 25.8 Å². The number of hydrogen-bond acceptors (Lipinski definition) is 6. The van der Waals surface area contributed by atoms with Crippen LogP contribution in [0.4, 0.5) is 0 Å². The summed E-state index contributed by atoms with van der Waals surface area (Å²) >= 11 is 0. The fraction of sp³-hybridized carbons (Fsp3) is 0.409. The van der Waals surface area contributed by atoms with Crippen molar-refractivity contribution in [2.24, 2.45) is 5.92 Å². The van der Waals surface area contributed by atoms with E-state index < -0.39 is 18.5 Å². The molecule has 1 aliphatic rings. The number of rotatable bonds is 8. The van der Waals surface area contributed by atoms with Gasteiger partial charge in [-0.05, 0) is 55.9 Å². The minimum Gasteiger partial charge on any atom is -0.497 e. The van der Waals surface area contributed by atoms with Crippen LogP contribution in [0.1, 0.15) is 56.6 Å². The first kappa shape index (κ1) is 21.4. The summed E-state index contributed by atoms with van der Waals surface area (Å²) in [6.45, 7) is 2.88. The van der Waals surface area contributed by atoms with Crippen molar-refractivity contribution in [2.75, 3.05) is 20.8 Å². The Hall–Kier alpha value is -3.29. The zero-order chi connectivity index (χ0) is 21.8. The number of nitrogens with one attached hydrogen (secondary N) is 2. The molecule has 0 saturated heterocycles. The van der Waals surface area contributed by atoms with Gasteiger partial charge in [-0.3, -0.25) is 4.79 Å². The Kier molecular flexibility index (Phi) is 6.44. The van der Waals surface area contributed by atoms with Crippen molar-refractivity contribution in [3.05, 3.63) is 52.3 Å². The third-order valence-electron chi connectivity index (χ3n) is 5.25. The molecule has 1 fully saturated rings. The molecule has 1 unspecified atom stereocenters. The lowest BCUT2D eigenvalue weighted by Gasteiger charge is -2.19. The Morgan fingerprint density at radius 1 is 1.10 bits per heavy atom. The van der Waals surface area contributed by atoms with E-state index in [0.717, 1.165) is 24.2 Å². The third-order valence-corrected chi connectivity index (χ3v) is 5.25. The Balaban J connectivity index is 1.62. The van der Waals surface area contributed by atoms with Crippen LogP contribution in [0.25, 0.3) is 0 Å². The third kappa shape index (κ3) is 4.64. The van der Waals surface area contributed by atoms with E-state index >= 15 is 0 Å². The van der Waals surface area contributed by atoms with Crippen LogP contribution >= 0.6 is 0 Å². The maximum Gasteiger partial charge on any atom is 0.355 e. The van der Waals surface area contributed by atoms with Crippen LogP contribution in [-0.4, -0.2) is 43.7 Å². The van der Waals surface area contributed by atoms with Gasteiger partial charge in [-0.25, -0.2) is 9.59 Å². The van der Waals surface area contributed by atoms with Crippen LogP contribution in [-0.2, 0) is 14.3 Å². The van der Waals surface area contributed by atoms with Crippen LogP contribution in [0.2, 0.25) is 0 Å². The summed E-state index contributed by atoms with van der Waals surface area (Å²) in [7, 11) is 2.88. The van der Waals surface area contributed by atoms with Crippen molar-refractivity contribution in [2.45, 2.75) is 32.7 Å². The first-order valence-corrected chi connectivity index (χ1v) is 9.73. The molecule has 2 aromatic rings. The SMILES string of the molecule is COC(=O)c1c(C)[nH]c(C(=O)OCC(=O)NC(c2ccc(OC)cc2)C2CC2)c1C. The molecule has 0 radical (unpaired) electrons. The fourth-order valence-corrected chi connectivity index (χ4v) is 3.49. The molecule has 1 atom stereocenters. The highest BCUT2D eigenvalue weighted by molar-refractivity contribution is 5.99. The van der Waals surface area contributed by atoms with Crippen molar-refractivity contribution >= 4 is 17.8 Å². The van der Waals surface area contributed by atoms with Gasteiger partial charge in [0.25, 0.3) is 5.91 Å². The van der Waals surface area contributed by atoms with E-state index in [1.807, 2.05) is 24.3 Å². The molecule has 0 bridgehead atoms. The van der Waals surface area contributed by atoms with Crippen LogP contribution < -0.4 is 10.1 Å². The number of carbonyl (C=O) groups is 3. The summed E-state index contributed by atoms with van der Waals surface area (Å²) < 4.78 is 15.1. The van der Waals surface area contributed by atoms with Gasteiger partial charge >= 0.3 is 11.9 Å². The average molecular weight is 414 g/mol. The highest BCUT2D eigenvalue weighted by Gasteiger charge is 2.33. The normalized spacial score (nSPS) is 14.0. The maximum absolute atomic E-state index is 12.4. The first-order valence-electron chi connectivity index (χ1n) is 9.73. The number of aromatic nitrogens is 1. The molecule has 1 aromatic heterocycles. The van der Waals surface area contributed by atoms with Crippen LogP contribution in [0.5, 0.6) is 5.75 Å². The molecule has 1 heterocycles. The van der Waals surface area contributed by atoms with Crippen molar-refractivity contribution < 1.29 is 28.6 Å². The lowest BCUT2D eigenvalue weighted by Crippen LogP contribution is -2.33. The fourth-order valence-electron chi connectivity index (χ4n) is 3.49. The molecule has 8 nitrogen and oxygen atoms in total. The molecule has 2 N–H and O–H groups in total. The standard InChI is InChI=1S/C22H26N2O6/c1-12-18(21(26)29-4)13(2)23-19(12)22(27)30-11-17(25)24-20(14-5-6-14)15-7-9-16(28-3)10-8-15/h7-10,14,20,23H,5-6,11H2,1-4H3,(H,24,25). The van der Waals surface area contributed by atoms with Gasteiger partial charge in [0, 0.05) is 5.69 Å². The van der Waals surface area contributed by atoms with E-state index in [1.54, 1.807) is 21.0 Å². The van der Waals surface area contributed by atoms with Crippen molar-refractivity contribution in [1.29, 1.82) is 0 Å². The van der Waals surface area contributed by atoms with Gasteiger partial charge in [-0.2, -0.15) is 0 Å². The monoisotopic (exact) mass is 414 g/mol. The number of esters is 2. The smallest absolute Gasteiger partial charge is 0.355 e. The Morgan fingerprint density at radius 3 is 2.33 bits per heavy atom. The quantitative estimate of drug-likeness (QED) is 0.644. The van der Waals surface area contributed by atoms with E-state index in [-0.39, 0.29) is 17.6 Å². The van der Waals surface area contributed by atoms with E-state index in [4.69, 9.17) is 14.2 Å². The van der Waals surface area contributed by atoms with Gasteiger partial charge in [0.1, 0.15) is 11.4 Å². The lowest BCUT2D eigenvalue weighted by atomic mass is 10.0. The zero-order valence-corrected chi connectivity index (χ0v) is 17.5. The molecule has 1 amide bonds. The summed E-state index contributed by atoms with van der Waals surface area (Å²) in [4.78, 5) is 39.5. The molecular weight excluding hydrogens is 388 g/mol. The minimum atomic E-state index is -0.701. The summed E-state index contributed by atoms with van der Waals surface area (Å²) in [6.07, 6.45) is 2.07. The summed E-state index contributed by atoms with van der Waals surface area (Å²) in [6, 6.07) is 7.42. The van der Waals surface area contributed by atoms with Gasteiger partial charge in [0.2, 0.25) is 0 Å². The molecule has 8 heteroatoms. The Bertz CT molecular complexity index is 943. The molecule has 0 spiro atoms. The van der Waals surface area contributed by atoms with E-state index in [1.165, 1.54) is 7.11 Å². The van der Waals surface area contributed by atoms with Crippen molar-refractivity contribution in [1.82, 2.24) is 10.3 Å². The summed E-state index contributed by atoms with van der Waals surface area (Å²) in [5, 5.41) is 2.96. The minimum absolute atomic E-state index is 0.134. The number of carbonyl (C=O) groups excluding carboxylic acids is 3. The van der Waals surface area contributed by atoms with Crippen LogP contribution in [0.3, 0.4) is 0 Å². The molecular formula is C22H26N2O6. The second-order valence-corrected chi connectivity index (χ2v) is 7.35. The molecule has 1 saturated carbocycles. The Labute approximate surface area is 174 Å². The average Bonchev–Trinajstić information content (AvgIpc) is 3.54. The number of methoxy groups -OCH3 is 2. The topological polar surface area (TPSA) is 107 Å². The molecule has 30 heavy (non-hydrogen) atoms. The first-order chi connectivity index (χ1) is 14.3. The highest BCUT2D eigenvalue weighted by atomic mass is 16.5. The molecule has 3 rings (SSSR count). The van der Waals surface area contributed by atoms with Crippen LogP contribution in [0.15, 0.2) is 24.3 Å². The van der Waals surface area contributed by atoms with Gasteiger partial charge in [-0.1, -0.05) is 12.1 Å². The number of amides is 1. The molecule has 1 aromatic carbocycles. The Morgan fingerprint density at radius 2 is 1.77 bits per heavy atom. The summed E-state index contributed by atoms with van der Waals surface area (Å²) in [5.41, 5.74) is 2.34. The van der Waals surface area contributed by atoms with Gasteiger partial charge in [0.15, 0.2) is 6.61 Å². The largest absolute Gasteiger partial charge is 0.497 e. The number of H-pyrrole nitrogens is 1. The zero-order valence-electron chi connectivity index (χ0n) is 17.5. The number of aryl methyl sites for hydroxylation is 1. The molecule has 1 aliphatic carbocycles. The number of benzene rings is 1. The molecule has 160 valence electrons.